The van der Waals surface area contributed by atoms with Crippen LogP contribution in [0, 0.1) is 23.7 Å². The number of likely N-dealkylation sites (tertiary alicyclic amines) is 1. The SMILES string of the molecule is COC1CNC(Cl)CC1C1CC(C)NCC1C(=O)NC1NC2CN(C(=O)C3CC(OC(F)F)C3)CC2S1. The Morgan fingerprint density at radius 1 is 1.11 bits per heavy atom. The fourth-order valence-electron chi connectivity index (χ4n) is 6.73. The molecule has 5 aliphatic rings. The van der Waals surface area contributed by atoms with Gasteiger partial charge in [-0.05, 0) is 44.4 Å². The number of ether oxygens (including phenoxy) is 2. The minimum absolute atomic E-state index is 0.0176. The predicted octanol–water partition coefficient (Wildman–Crippen LogP) is 1.12. The smallest absolute Gasteiger partial charge is 0.345 e. The van der Waals surface area contributed by atoms with Gasteiger partial charge >= 0.3 is 6.61 Å². The lowest BCUT2D eigenvalue weighted by Gasteiger charge is -2.45. The number of methoxy groups -OCH3 is 1. The molecule has 1 aliphatic carbocycles. The molecule has 2 amide bonds. The van der Waals surface area contributed by atoms with Gasteiger partial charge in [0.1, 0.15) is 5.50 Å². The summed E-state index contributed by atoms with van der Waals surface area (Å²) in [4.78, 5) is 28.1. The van der Waals surface area contributed by atoms with Crippen molar-refractivity contribution in [1.82, 2.24) is 26.2 Å². The maximum absolute atomic E-state index is 13.5. The zero-order valence-corrected chi connectivity index (χ0v) is 22.8. The highest BCUT2D eigenvalue weighted by Gasteiger charge is 2.48. The molecule has 210 valence electrons. The fourth-order valence-corrected chi connectivity index (χ4v) is 8.43. The first-order valence-corrected chi connectivity index (χ1v) is 14.7. The Balaban J connectivity index is 1.12. The molecule has 0 aromatic heterocycles. The third kappa shape index (κ3) is 6.20. The van der Waals surface area contributed by atoms with Crippen molar-refractivity contribution in [2.75, 3.05) is 33.3 Å². The number of nitrogens with one attached hydrogen (secondary N) is 4. The first-order chi connectivity index (χ1) is 17.7. The van der Waals surface area contributed by atoms with E-state index in [0.29, 0.717) is 45.1 Å². The number of carbonyl (C=O) groups excluding carboxylic acids is 2. The van der Waals surface area contributed by atoms with Crippen LogP contribution in [0.15, 0.2) is 0 Å². The Kier molecular flexibility index (Phi) is 8.84. The molecule has 4 aliphatic heterocycles. The molecule has 0 aromatic carbocycles. The van der Waals surface area contributed by atoms with Gasteiger partial charge in [0.05, 0.1) is 23.6 Å². The van der Waals surface area contributed by atoms with E-state index in [4.69, 9.17) is 16.3 Å². The lowest BCUT2D eigenvalue weighted by molar-refractivity contribution is -0.195. The van der Waals surface area contributed by atoms with Gasteiger partial charge in [0.25, 0.3) is 0 Å². The van der Waals surface area contributed by atoms with Crippen LogP contribution in [0.5, 0.6) is 0 Å². The number of piperidine rings is 2. The minimum atomic E-state index is -2.79. The number of thioether (sulfide) groups is 1. The van der Waals surface area contributed by atoms with Gasteiger partial charge in [-0.25, -0.2) is 0 Å². The van der Waals surface area contributed by atoms with Gasteiger partial charge in [-0.3, -0.25) is 20.2 Å². The van der Waals surface area contributed by atoms with Gasteiger partial charge in [-0.1, -0.05) is 0 Å². The highest BCUT2D eigenvalue weighted by atomic mass is 35.5. The van der Waals surface area contributed by atoms with Crippen molar-refractivity contribution >= 4 is 35.2 Å². The Labute approximate surface area is 225 Å². The molecule has 0 bridgehead atoms. The largest absolute Gasteiger partial charge is 0.380 e. The zero-order valence-electron chi connectivity index (χ0n) is 21.2. The second kappa shape index (κ2) is 11.8. The number of hydrogen-bond donors (Lipinski definition) is 4. The fraction of sp³-hybridized carbons (Fsp3) is 0.917. The third-order valence-corrected chi connectivity index (χ3v) is 10.5. The van der Waals surface area contributed by atoms with Crippen LogP contribution in [0.2, 0.25) is 0 Å². The van der Waals surface area contributed by atoms with Crippen molar-refractivity contribution in [3.8, 4) is 0 Å². The molecular formula is C24H38ClF2N5O4S. The van der Waals surface area contributed by atoms with Crippen LogP contribution in [-0.2, 0) is 19.1 Å². The van der Waals surface area contributed by atoms with Gasteiger partial charge < -0.3 is 25.0 Å². The van der Waals surface area contributed by atoms with Crippen molar-refractivity contribution in [3.63, 3.8) is 0 Å². The standard InChI is InChI=1S/C24H38ClF2N5O4S/c1-11-3-14(15-6-20(25)29-8-18(15)35-2)16(7-28-11)21(33)31-24-30-17-9-32(10-19(17)37-24)22(34)12-4-13(5-12)36-23(26)27/h11-20,23-24,28-30H,3-10H2,1-2H3,(H,31,33). The van der Waals surface area contributed by atoms with Crippen molar-refractivity contribution < 1.29 is 27.8 Å². The molecule has 13 heteroatoms. The molecule has 1 saturated carbocycles. The predicted molar refractivity (Wildman–Crippen MR) is 136 cm³/mol. The highest BCUT2D eigenvalue weighted by Crippen LogP contribution is 2.39. The van der Waals surface area contributed by atoms with Gasteiger partial charge in [0.2, 0.25) is 11.8 Å². The van der Waals surface area contributed by atoms with Gasteiger partial charge in [0.15, 0.2) is 0 Å². The Hall–Kier alpha value is -0.760. The van der Waals surface area contributed by atoms with Crippen molar-refractivity contribution in [1.29, 1.82) is 0 Å². The van der Waals surface area contributed by atoms with Crippen LogP contribution in [0.3, 0.4) is 0 Å². The Morgan fingerprint density at radius 3 is 2.59 bits per heavy atom. The number of hydrogen-bond acceptors (Lipinski definition) is 8. The number of fused-ring (bicyclic) bond motifs is 1. The first-order valence-electron chi connectivity index (χ1n) is 13.3. The summed E-state index contributed by atoms with van der Waals surface area (Å²) in [6, 6.07) is 0.414. The van der Waals surface area contributed by atoms with Crippen LogP contribution >= 0.6 is 23.4 Å². The van der Waals surface area contributed by atoms with E-state index in [1.165, 1.54) is 0 Å². The van der Waals surface area contributed by atoms with E-state index in [1.807, 2.05) is 4.90 Å². The van der Waals surface area contributed by atoms with Gasteiger partial charge in [-0.2, -0.15) is 8.78 Å². The number of rotatable bonds is 7. The summed E-state index contributed by atoms with van der Waals surface area (Å²) < 4.78 is 35.0. The maximum atomic E-state index is 13.5. The van der Waals surface area contributed by atoms with E-state index in [2.05, 4.69) is 32.9 Å². The molecule has 4 saturated heterocycles. The van der Waals surface area contributed by atoms with E-state index in [0.717, 1.165) is 12.8 Å². The number of carbonyl (C=O) groups is 2. The second-order valence-corrected chi connectivity index (χ2v) is 13.0. The number of halogens is 3. The van der Waals surface area contributed by atoms with Crippen LogP contribution in [0.4, 0.5) is 8.78 Å². The van der Waals surface area contributed by atoms with E-state index >= 15 is 0 Å². The topological polar surface area (TPSA) is 104 Å². The number of amides is 2. The molecular weight excluding hydrogens is 528 g/mol. The summed E-state index contributed by atoms with van der Waals surface area (Å²) in [5.74, 6) is 0.00660. The third-order valence-electron chi connectivity index (χ3n) is 8.78. The summed E-state index contributed by atoms with van der Waals surface area (Å²) in [6.07, 6.45) is 1.87. The molecule has 0 radical (unpaired) electrons. The molecule has 37 heavy (non-hydrogen) atoms. The average Bonchev–Trinajstić information content (AvgIpc) is 3.39. The molecule has 9 unspecified atom stereocenters. The van der Waals surface area contributed by atoms with Crippen LogP contribution in [0.1, 0.15) is 32.6 Å². The Morgan fingerprint density at radius 2 is 1.89 bits per heavy atom. The number of nitrogens with zero attached hydrogens (tertiary/aromatic N) is 1. The summed E-state index contributed by atoms with van der Waals surface area (Å²) in [7, 11) is 1.72. The summed E-state index contributed by atoms with van der Waals surface area (Å²) >= 11 is 8.09. The van der Waals surface area contributed by atoms with Gasteiger partial charge in [0, 0.05) is 56.5 Å². The quantitative estimate of drug-likeness (QED) is 0.269. The monoisotopic (exact) mass is 565 g/mol. The molecule has 5 fully saturated rings. The van der Waals surface area contributed by atoms with Crippen LogP contribution < -0.4 is 21.3 Å². The highest BCUT2D eigenvalue weighted by molar-refractivity contribution is 8.00. The number of alkyl halides is 3. The van der Waals surface area contributed by atoms with Crippen LogP contribution in [-0.4, -0.2) is 97.2 Å². The first kappa shape index (κ1) is 27.8. The molecule has 4 N–H and O–H groups in total. The van der Waals surface area contributed by atoms with E-state index in [9.17, 15) is 18.4 Å². The van der Waals surface area contributed by atoms with E-state index in [1.54, 1.807) is 18.9 Å². The van der Waals surface area contributed by atoms with E-state index < -0.39 is 12.7 Å². The average molecular weight is 566 g/mol. The van der Waals surface area contributed by atoms with Crippen molar-refractivity contribution in [2.45, 2.75) is 79.8 Å². The lowest BCUT2D eigenvalue weighted by Crippen LogP contribution is -2.57. The lowest BCUT2D eigenvalue weighted by atomic mass is 9.70. The maximum Gasteiger partial charge on any atom is 0.345 e. The molecule has 9 nitrogen and oxygen atoms in total. The van der Waals surface area contributed by atoms with Crippen LogP contribution in [0.25, 0.3) is 0 Å². The minimum Gasteiger partial charge on any atom is -0.380 e. The summed E-state index contributed by atoms with van der Waals surface area (Å²) in [6.45, 7) is 1.82. The molecule has 0 spiro atoms. The molecule has 9 atom stereocenters. The summed E-state index contributed by atoms with van der Waals surface area (Å²) in [5, 5.41) is 13.6. The zero-order chi connectivity index (χ0) is 26.3. The Bertz CT molecular complexity index is 829. The van der Waals surface area contributed by atoms with E-state index in [-0.39, 0.29) is 63.9 Å². The normalized spacial score (nSPS) is 43.9. The van der Waals surface area contributed by atoms with Crippen molar-refractivity contribution in [3.05, 3.63) is 0 Å². The summed E-state index contributed by atoms with van der Waals surface area (Å²) in [5.41, 5.74) is -0.329. The molecule has 5 rings (SSSR count). The molecule has 0 aromatic rings. The van der Waals surface area contributed by atoms with Crippen molar-refractivity contribution in [2.24, 2.45) is 23.7 Å². The van der Waals surface area contributed by atoms with Gasteiger partial charge in [-0.15, -0.1) is 23.4 Å². The molecule has 4 heterocycles. The second-order valence-electron chi connectivity index (χ2n) is 11.1.